The maximum absolute atomic E-state index is 13.4. The normalized spacial score (nSPS) is 26.2. The summed E-state index contributed by atoms with van der Waals surface area (Å²) < 4.78 is 2.19. The Labute approximate surface area is 169 Å². The van der Waals surface area contributed by atoms with Crippen LogP contribution < -0.4 is 0 Å². The van der Waals surface area contributed by atoms with Crippen LogP contribution in [-0.2, 0) is 6.54 Å². The largest absolute Gasteiger partial charge is 0.330 e. The number of hydrogen-bond donors (Lipinski definition) is 0. The molecule has 5 heteroatoms. The summed E-state index contributed by atoms with van der Waals surface area (Å²) in [5.74, 6) is 0.846. The lowest BCUT2D eigenvalue weighted by molar-refractivity contribution is 0.00407. The molecule has 142 valence electrons. The molecule has 3 fully saturated rings. The fourth-order valence-corrected chi connectivity index (χ4v) is 5.57. The monoisotopic (exact) mass is 391 g/mol. The zero-order chi connectivity index (χ0) is 18.8. The van der Waals surface area contributed by atoms with Crippen LogP contribution in [0, 0.1) is 5.92 Å². The highest BCUT2D eigenvalue weighted by Crippen LogP contribution is 2.38. The molecular formula is C23H22ClN3O. The molecule has 1 atom stereocenters. The van der Waals surface area contributed by atoms with Crippen molar-refractivity contribution in [3.8, 4) is 5.69 Å². The number of halogens is 1. The standard InChI is InChI=1S/C23H22ClN3O/c24-17-4-6-18(7-5-17)26-12-16-13-27(21-14-25-10-8-15(21)9-11-25)23(28)19-2-1-3-20(26)22(16)19/h1-7,12,15,21H,8-11,13-14H2/t21-/m0/s1. The summed E-state index contributed by atoms with van der Waals surface area (Å²) in [6.45, 7) is 4.12. The minimum atomic E-state index is 0.200. The fraction of sp³-hybridized carbons (Fsp3) is 0.348. The molecule has 0 N–H and O–H groups in total. The van der Waals surface area contributed by atoms with Crippen molar-refractivity contribution in [1.82, 2.24) is 14.4 Å². The third-order valence-corrected chi connectivity index (χ3v) is 7.12. The quantitative estimate of drug-likeness (QED) is 0.650. The van der Waals surface area contributed by atoms with E-state index in [1.54, 1.807) is 0 Å². The zero-order valence-electron chi connectivity index (χ0n) is 15.6. The molecule has 4 nitrogen and oxygen atoms in total. The molecule has 0 saturated carbocycles. The van der Waals surface area contributed by atoms with Crippen LogP contribution in [-0.4, -0.2) is 46.0 Å². The smallest absolute Gasteiger partial charge is 0.255 e. The van der Waals surface area contributed by atoms with Crippen molar-refractivity contribution in [2.24, 2.45) is 5.92 Å². The summed E-state index contributed by atoms with van der Waals surface area (Å²) in [4.78, 5) is 18.1. The zero-order valence-corrected chi connectivity index (χ0v) is 16.4. The number of rotatable bonds is 2. The topological polar surface area (TPSA) is 28.5 Å². The molecule has 0 radical (unpaired) electrons. The lowest BCUT2D eigenvalue weighted by Crippen LogP contribution is -2.58. The van der Waals surface area contributed by atoms with E-state index in [4.69, 9.17) is 11.6 Å². The first-order chi connectivity index (χ1) is 13.7. The van der Waals surface area contributed by atoms with Crippen molar-refractivity contribution in [2.45, 2.75) is 25.4 Å². The highest BCUT2D eigenvalue weighted by molar-refractivity contribution is 6.30. The fourth-order valence-electron chi connectivity index (χ4n) is 5.45. The van der Waals surface area contributed by atoms with Gasteiger partial charge in [-0.3, -0.25) is 4.79 Å². The number of carbonyl (C=O) groups is 1. The molecule has 4 aliphatic heterocycles. The summed E-state index contributed by atoms with van der Waals surface area (Å²) in [5, 5.41) is 1.84. The van der Waals surface area contributed by atoms with Crippen LogP contribution in [0.2, 0.25) is 5.02 Å². The van der Waals surface area contributed by atoms with Crippen molar-refractivity contribution >= 4 is 28.4 Å². The van der Waals surface area contributed by atoms with Crippen LogP contribution >= 0.6 is 11.6 Å². The minimum absolute atomic E-state index is 0.200. The highest BCUT2D eigenvalue weighted by Gasteiger charge is 2.41. The summed E-state index contributed by atoms with van der Waals surface area (Å²) in [6.07, 6.45) is 4.65. The molecule has 2 bridgehead atoms. The van der Waals surface area contributed by atoms with Crippen molar-refractivity contribution in [1.29, 1.82) is 0 Å². The third-order valence-electron chi connectivity index (χ3n) is 6.87. The average Bonchev–Trinajstić information content (AvgIpc) is 3.11. The van der Waals surface area contributed by atoms with E-state index in [2.05, 4.69) is 26.6 Å². The number of carbonyl (C=O) groups excluding carboxylic acids is 1. The summed E-state index contributed by atoms with van der Waals surface area (Å²) in [7, 11) is 0. The van der Waals surface area contributed by atoms with Gasteiger partial charge in [0.05, 0.1) is 5.52 Å². The molecule has 0 unspecified atom stereocenters. The van der Waals surface area contributed by atoms with Crippen molar-refractivity contribution in [3.63, 3.8) is 0 Å². The summed E-state index contributed by atoms with van der Waals surface area (Å²) >= 11 is 6.08. The molecule has 4 aliphatic rings. The first-order valence-electron chi connectivity index (χ1n) is 10.1. The Morgan fingerprint density at radius 3 is 2.50 bits per heavy atom. The molecule has 2 aromatic carbocycles. The van der Waals surface area contributed by atoms with Crippen LogP contribution in [0.4, 0.5) is 0 Å². The molecule has 1 aromatic heterocycles. The average molecular weight is 392 g/mol. The van der Waals surface area contributed by atoms with Crippen LogP contribution in [0.3, 0.4) is 0 Å². The van der Waals surface area contributed by atoms with E-state index < -0.39 is 0 Å². The molecule has 1 amide bonds. The second kappa shape index (κ2) is 6.10. The summed E-state index contributed by atoms with van der Waals surface area (Å²) in [5.41, 5.74) is 4.26. The van der Waals surface area contributed by atoms with Gasteiger partial charge in [-0.15, -0.1) is 0 Å². The predicted octanol–water partition coefficient (Wildman–Crippen LogP) is 4.33. The van der Waals surface area contributed by atoms with Crippen molar-refractivity contribution < 1.29 is 4.79 Å². The van der Waals surface area contributed by atoms with Gasteiger partial charge in [-0.2, -0.15) is 0 Å². The summed E-state index contributed by atoms with van der Waals surface area (Å²) in [6, 6.07) is 14.3. The lowest BCUT2D eigenvalue weighted by atomic mass is 9.82. The Bertz CT molecular complexity index is 1080. The second-order valence-corrected chi connectivity index (χ2v) is 8.78. The van der Waals surface area contributed by atoms with Crippen molar-refractivity contribution in [2.75, 3.05) is 19.6 Å². The van der Waals surface area contributed by atoms with Gasteiger partial charge in [0.2, 0.25) is 0 Å². The number of fused-ring (bicyclic) bond motifs is 3. The molecule has 3 saturated heterocycles. The second-order valence-electron chi connectivity index (χ2n) is 8.34. The molecule has 28 heavy (non-hydrogen) atoms. The number of aromatic nitrogens is 1. The van der Waals surface area contributed by atoms with E-state index in [0.29, 0.717) is 18.5 Å². The van der Waals surface area contributed by atoms with Crippen LogP contribution in [0.5, 0.6) is 0 Å². The number of amides is 1. The number of benzene rings is 2. The minimum Gasteiger partial charge on any atom is -0.330 e. The van der Waals surface area contributed by atoms with Crippen LogP contribution in [0.25, 0.3) is 16.6 Å². The van der Waals surface area contributed by atoms with E-state index in [1.807, 2.05) is 36.4 Å². The molecule has 0 aliphatic carbocycles. The molecule has 7 rings (SSSR count). The van der Waals surface area contributed by atoms with Gasteiger partial charge in [0, 0.05) is 47.0 Å². The van der Waals surface area contributed by atoms with E-state index in [1.165, 1.54) is 31.5 Å². The van der Waals surface area contributed by atoms with Crippen LogP contribution in [0.15, 0.2) is 48.7 Å². The van der Waals surface area contributed by atoms with Gasteiger partial charge in [-0.25, -0.2) is 0 Å². The van der Waals surface area contributed by atoms with E-state index in [9.17, 15) is 4.79 Å². The first kappa shape index (κ1) is 16.6. The van der Waals surface area contributed by atoms with Crippen molar-refractivity contribution in [3.05, 3.63) is 64.8 Å². The number of nitrogens with zero attached hydrogens (tertiary/aromatic N) is 3. The predicted molar refractivity (Wildman–Crippen MR) is 111 cm³/mol. The molecular weight excluding hydrogens is 370 g/mol. The van der Waals surface area contributed by atoms with Gasteiger partial charge in [-0.05, 0) is 73.8 Å². The van der Waals surface area contributed by atoms with E-state index in [-0.39, 0.29) is 5.91 Å². The Morgan fingerprint density at radius 1 is 1.00 bits per heavy atom. The Kier molecular flexibility index (Phi) is 3.62. The third kappa shape index (κ3) is 2.38. The SMILES string of the molecule is O=C1c2cccc3c2c(cn3-c2ccc(Cl)cc2)CN1[C@H]1CN2CCC1CC2. The van der Waals surface area contributed by atoms with Gasteiger partial charge < -0.3 is 14.4 Å². The van der Waals surface area contributed by atoms with E-state index in [0.717, 1.165) is 33.7 Å². The maximum Gasteiger partial charge on any atom is 0.255 e. The highest BCUT2D eigenvalue weighted by atomic mass is 35.5. The van der Waals surface area contributed by atoms with Gasteiger partial charge in [0.15, 0.2) is 0 Å². The maximum atomic E-state index is 13.4. The molecule has 3 aromatic rings. The molecule has 0 spiro atoms. The Balaban J connectivity index is 1.45. The number of piperidine rings is 3. The Morgan fingerprint density at radius 2 is 1.79 bits per heavy atom. The van der Waals surface area contributed by atoms with Gasteiger partial charge in [0.25, 0.3) is 5.91 Å². The van der Waals surface area contributed by atoms with E-state index >= 15 is 0 Å². The van der Waals surface area contributed by atoms with Gasteiger partial charge >= 0.3 is 0 Å². The first-order valence-corrected chi connectivity index (χ1v) is 10.5. The number of hydrogen-bond acceptors (Lipinski definition) is 2. The molecule has 5 heterocycles. The van der Waals surface area contributed by atoms with Gasteiger partial charge in [-0.1, -0.05) is 17.7 Å². The van der Waals surface area contributed by atoms with Crippen LogP contribution in [0.1, 0.15) is 28.8 Å². The Hall–Kier alpha value is -2.30. The van der Waals surface area contributed by atoms with Gasteiger partial charge in [0.1, 0.15) is 0 Å². The lowest BCUT2D eigenvalue weighted by Gasteiger charge is -2.49.